The van der Waals surface area contributed by atoms with Crippen molar-refractivity contribution in [2.24, 2.45) is 4.99 Å². The number of pyridine rings is 1. The van der Waals surface area contributed by atoms with E-state index in [9.17, 15) is 4.39 Å². The Morgan fingerprint density at radius 2 is 1.85 bits per heavy atom. The fourth-order valence-electron chi connectivity index (χ4n) is 2.79. The van der Waals surface area contributed by atoms with Crippen LogP contribution >= 0.6 is 24.0 Å². The summed E-state index contributed by atoms with van der Waals surface area (Å²) < 4.78 is 29.6. The van der Waals surface area contributed by atoms with Crippen LogP contribution in [0.4, 0.5) is 10.1 Å². The Morgan fingerprint density at radius 1 is 1.03 bits per heavy atom. The molecule has 1 aromatic heterocycles. The number of rotatable bonds is 10. The predicted molar refractivity (Wildman–Crippen MR) is 138 cm³/mol. The van der Waals surface area contributed by atoms with Gasteiger partial charge < -0.3 is 24.8 Å². The Morgan fingerprint density at radius 3 is 2.58 bits per heavy atom. The summed E-state index contributed by atoms with van der Waals surface area (Å²) in [7, 11) is 3.38. The van der Waals surface area contributed by atoms with Gasteiger partial charge in [-0.3, -0.25) is 4.99 Å². The molecule has 1 heterocycles. The van der Waals surface area contributed by atoms with E-state index in [2.05, 4.69) is 20.6 Å². The number of hydrogen-bond donors (Lipinski definition) is 2. The SMILES string of the molecule is CN=C(NCc1ccc(Oc2cccc(F)c2)nc1)Nc1cccc(OCCCOC)c1.I. The number of hydrogen-bond acceptors (Lipinski definition) is 5. The molecule has 2 aromatic carbocycles. The van der Waals surface area contributed by atoms with Gasteiger partial charge >= 0.3 is 0 Å². The molecule has 0 amide bonds. The Balaban J connectivity index is 0.00000385. The summed E-state index contributed by atoms with van der Waals surface area (Å²) in [5, 5.41) is 6.49. The Kier molecular flexibility index (Phi) is 11.4. The zero-order valence-corrected chi connectivity index (χ0v) is 20.9. The van der Waals surface area contributed by atoms with Crippen LogP contribution in [0.1, 0.15) is 12.0 Å². The van der Waals surface area contributed by atoms with Crippen molar-refractivity contribution >= 4 is 35.6 Å². The van der Waals surface area contributed by atoms with E-state index in [-0.39, 0.29) is 29.8 Å². The molecule has 0 atom stereocenters. The maximum absolute atomic E-state index is 13.3. The van der Waals surface area contributed by atoms with Crippen LogP contribution in [-0.2, 0) is 11.3 Å². The molecule has 9 heteroatoms. The van der Waals surface area contributed by atoms with E-state index in [4.69, 9.17) is 14.2 Å². The molecular formula is C24H28FIN4O3. The third-order valence-electron chi connectivity index (χ3n) is 4.36. The molecule has 2 N–H and O–H groups in total. The standard InChI is InChI=1S/C24H27FN4O3.HI/c1-26-24(29-20-7-4-8-21(15-20)31-13-5-12-30-2)28-17-18-10-11-23(27-16-18)32-22-9-3-6-19(25)14-22;/h3-4,6-11,14-16H,5,12-13,17H2,1-2H3,(H2,26,28,29);1H. The smallest absolute Gasteiger partial charge is 0.219 e. The van der Waals surface area contributed by atoms with E-state index in [0.717, 1.165) is 23.4 Å². The van der Waals surface area contributed by atoms with E-state index in [1.807, 2.05) is 30.3 Å². The summed E-state index contributed by atoms with van der Waals surface area (Å²) >= 11 is 0. The quantitative estimate of drug-likeness (QED) is 0.152. The summed E-state index contributed by atoms with van der Waals surface area (Å²) in [4.78, 5) is 8.53. The Bertz CT molecular complexity index is 1020. The second kappa shape index (κ2) is 14.3. The summed E-state index contributed by atoms with van der Waals surface area (Å²) in [5.41, 5.74) is 1.80. The van der Waals surface area contributed by atoms with Crippen molar-refractivity contribution in [3.8, 4) is 17.4 Å². The monoisotopic (exact) mass is 566 g/mol. The second-order valence-electron chi connectivity index (χ2n) is 6.84. The first-order valence-electron chi connectivity index (χ1n) is 10.2. The number of nitrogens with zero attached hydrogens (tertiary/aromatic N) is 2. The van der Waals surface area contributed by atoms with Gasteiger partial charge in [-0.25, -0.2) is 9.37 Å². The van der Waals surface area contributed by atoms with Crippen molar-refractivity contribution in [2.45, 2.75) is 13.0 Å². The van der Waals surface area contributed by atoms with Crippen LogP contribution in [0.5, 0.6) is 17.4 Å². The molecule has 0 saturated carbocycles. The molecule has 176 valence electrons. The number of halogens is 2. The maximum atomic E-state index is 13.3. The summed E-state index contributed by atoms with van der Waals surface area (Å²) in [6, 6.07) is 17.2. The molecule has 0 radical (unpaired) electrons. The molecule has 0 spiro atoms. The summed E-state index contributed by atoms with van der Waals surface area (Å²) in [5.74, 6) is 1.83. The van der Waals surface area contributed by atoms with Crippen molar-refractivity contribution in [2.75, 3.05) is 32.7 Å². The van der Waals surface area contributed by atoms with Crippen LogP contribution in [0.25, 0.3) is 0 Å². The van der Waals surface area contributed by atoms with Crippen molar-refractivity contribution in [3.05, 3.63) is 78.2 Å². The molecule has 0 aliphatic carbocycles. The lowest BCUT2D eigenvalue weighted by molar-refractivity contribution is 0.172. The highest BCUT2D eigenvalue weighted by Gasteiger charge is 2.04. The number of aliphatic imine (C=N–C) groups is 1. The highest BCUT2D eigenvalue weighted by Crippen LogP contribution is 2.20. The molecule has 7 nitrogen and oxygen atoms in total. The summed E-state index contributed by atoms with van der Waals surface area (Å²) in [6.07, 6.45) is 2.53. The van der Waals surface area contributed by atoms with E-state index >= 15 is 0 Å². The second-order valence-corrected chi connectivity index (χ2v) is 6.84. The van der Waals surface area contributed by atoms with Crippen LogP contribution in [0, 0.1) is 5.82 Å². The lowest BCUT2D eigenvalue weighted by Crippen LogP contribution is -2.30. The first-order valence-corrected chi connectivity index (χ1v) is 10.2. The molecule has 3 rings (SSSR count). The third-order valence-corrected chi connectivity index (χ3v) is 4.36. The largest absolute Gasteiger partial charge is 0.493 e. The van der Waals surface area contributed by atoms with E-state index < -0.39 is 0 Å². The zero-order valence-electron chi connectivity index (χ0n) is 18.6. The van der Waals surface area contributed by atoms with Gasteiger partial charge in [0.1, 0.15) is 17.3 Å². The predicted octanol–water partition coefficient (Wildman–Crippen LogP) is 5.23. The number of ether oxygens (including phenoxy) is 3. The minimum absolute atomic E-state index is 0. The highest BCUT2D eigenvalue weighted by atomic mass is 127. The van der Waals surface area contributed by atoms with Crippen molar-refractivity contribution in [1.82, 2.24) is 10.3 Å². The molecule has 0 aliphatic rings. The molecule has 3 aromatic rings. The van der Waals surface area contributed by atoms with Gasteiger partial charge in [0.25, 0.3) is 0 Å². The number of benzene rings is 2. The minimum Gasteiger partial charge on any atom is -0.493 e. The molecule has 0 saturated heterocycles. The topological polar surface area (TPSA) is 77.0 Å². The van der Waals surface area contributed by atoms with Crippen LogP contribution in [0.3, 0.4) is 0 Å². The maximum Gasteiger partial charge on any atom is 0.219 e. The first kappa shape index (κ1) is 26.3. The van der Waals surface area contributed by atoms with Gasteiger partial charge in [0.15, 0.2) is 5.96 Å². The average Bonchev–Trinajstić information content (AvgIpc) is 2.81. The molecule has 0 fully saturated rings. The first-order chi connectivity index (χ1) is 15.7. The number of anilines is 1. The lowest BCUT2D eigenvalue weighted by atomic mass is 10.3. The number of nitrogens with one attached hydrogen (secondary N) is 2. The lowest BCUT2D eigenvalue weighted by Gasteiger charge is -2.13. The van der Waals surface area contributed by atoms with Gasteiger partial charge in [0, 0.05) is 63.8 Å². The Hall–Kier alpha value is -2.92. The van der Waals surface area contributed by atoms with Crippen LogP contribution in [-0.4, -0.2) is 38.3 Å². The fourth-order valence-corrected chi connectivity index (χ4v) is 2.79. The normalized spacial score (nSPS) is 10.8. The van der Waals surface area contributed by atoms with Crippen LogP contribution in [0.2, 0.25) is 0 Å². The van der Waals surface area contributed by atoms with E-state index in [1.54, 1.807) is 38.6 Å². The van der Waals surface area contributed by atoms with Gasteiger partial charge in [0.05, 0.1) is 6.61 Å². The van der Waals surface area contributed by atoms with Crippen LogP contribution in [0.15, 0.2) is 71.9 Å². The fraction of sp³-hybridized carbons (Fsp3) is 0.250. The zero-order chi connectivity index (χ0) is 22.6. The van der Waals surface area contributed by atoms with Gasteiger partial charge in [-0.05, 0) is 29.8 Å². The van der Waals surface area contributed by atoms with Crippen molar-refractivity contribution in [3.63, 3.8) is 0 Å². The number of methoxy groups -OCH3 is 1. The average molecular weight is 566 g/mol. The number of aromatic nitrogens is 1. The molecular weight excluding hydrogens is 538 g/mol. The summed E-state index contributed by atoms with van der Waals surface area (Å²) in [6.45, 7) is 1.78. The third kappa shape index (κ3) is 9.22. The number of guanidine groups is 1. The molecule has 0 bridgehead atoms. The van der Waals surface area contributed by atoms with E-state index in [1.165, 1.54) is 12.1 Å². The minimum atomic E-state index is -0.356. The highest BCUT2D eigenvalue weighted by molar-refractivity contribution is 14.0. The molecule has 33 heavy (non-hydrogen) atoms. The van der Waals surface area contributed by atoms with Gasteiger partial charge in [-0.15, -0.1) is 24.0 Å². The van der Waals surface area contributed by atoms with Crippen molar-refractivity contribution in [1.29, 1.82) is 0 Å². The van der Waals surface area contributed by atoms with Gasteiger partial charge in [-0.1, -0.05) is 18.2 Å². The van der Waals surface area contributed by atoms with Crippen LogP contribution < -0.4 is 20.1 Å². The van der Waals surface area contributed by atoms with Crippen molar-refractivity contribution < 1.29 is 18.6 Å². The molecule has 0 aliphatic heterocycles. The molecule has 0 unspecified atom stereocenters. The van der Waals surface area contributed by atoms with E-state index in [0.29, 0.717) is 37.3 Å². The Labute approximate surface area is 210 Å². The van der Waals surface area contributed by atoms with Gasteiger partial charge in [0.2, 0.25) is 5.88 Å². The van der Waals surface area contributed by atoms with Gasteiger partial charge in [-0.2, -0.15) is 0 Å².